The number of halogens is 3. The van der Waals surface area contributed by atoms with Gasteiger partial charge in [0.2, 0.25) is 0 Å². The molecule has 1 aromatic carbocycles. The van der Waals surface area contributed by atoms with Gasteiger partial charge >= 0.3 is 0 Å². The van der Waals surface area contributed by atoms with Gasteiger partial charge in [-0.25, -0.2) is 0 Å². The maximum absolute atomic E-state index is 2.37. The molecule has 0 aliphatic rings. The summed E-state index contributed by atoms with van der Waals surface area (Å²) in [6.45, 7) is 2.14. The van der Waals surface area contributed by atoms with E-state index in [2.05, 4.69) is 86.8 Å². The van der Waals surface area contributed by atoms with Crippen molar-refractivity contribution >= 4 is 67.8 Å². The lowest BCUT2D eigenvalue weighted by atomic mass is 10.2. The Morgan fingerprint density at radius 1 is 1.10 bits per heavy atom. The molecule has 0 aliphatic heterocycles. The number of aryl methyl sites for hydroxylation is 1. The third-order valence-electron chi connectivity index (χ3n) is 1.17. The van der Waals surface area contributed by atoms with Crippen LogP contribution < -0.4 is 0 Å². The highest BCUT2D eigenvalue weighted by Gasteiger charge is 1.99. The van der Waals surface area contributed by atoms with Gasteiger partial charge in [0.25, 0.3) is 0 Å². The van der Waals surface area contributed by atoms with Crippen LogP contribution >= 0.6 is 67.8 Å². The Labute approximate surface area is 102 Å². The van der Waals surface area contributed by atoms with Gasteiger partial charge in [-0.1, -0.05) is 0 Å². The molecule has 0 fully saturated rings. The second-order valence-corrected chi connectivity index (χ2v) is 5.51. The van der Waals surface area contributed by atoms with Crippen LogP contribution in [0.3, 0.4) is 0 Å². The zero-order valence-corrected chi connectivity index (χ0v) is 11.8. The van der Waals surface area contributed by atoms with Crippen LogP contribution in [0.1, 0.15) is 5.56 Å². The normalized spacial score (nSPS) is 10.0. The molecule has 0 aromatic heterocycles. The highest BCUT2D eigenvalue weighted by molar-refractivity contribution is 14.1. The summed E-state index contributed by atoms with van der Waals surface area (Å²) in [7, 11) is 0. The average Bonchev–Trinajstić information content (AvgIpc) is 1.82. The molecule has 0 radical (unpaired) electrons. The minimum absolute atomic E-state index is 1.32. The van der Waals surface area contributed by atoms with Crippen molar-refractivity contribution in [3.8, 4) is 0 Å². The zero-order chi connectivity index (χ0) is 7.72. The highest BCUT2D eigenvalue weighted by atomic mass is 127. The van der Waals surface area contributed by atoms with Crippen LogP contribution in [0.15, 0.2) is 12.1 Å². The summed E-state index contributed by atoms with van der Waals surface area (Å²) in [5.41, 5.74) is 1.37. The van der Waals surface area contributed by atoms with E-state index in [1.807, 2.05) is 0 Å². The summed E-state index contributed by atoms with van der Waals surface area (Å²) in [6.07, 6.45) is 0. The van der Waals surface area contributed by atoms with E-state index in [4.69, 9.17) is 0 Å². The smallest absolute Gasteiger partial charge is 0.0293 e. The Morgan fingerprint density at radius 2 is 1.70 bits per heavy atom. The molecule has 0 atom stereocenters. The van der Waals surface area contributed by atoms with Gasteiger partial charge in [0.15, 0.2) is 0 Å². The molecule has 1 rings (SSSR count). The van der Waals surface area contributed by atoms with Gasteiger partial charge < -0.3 is 0 Å². The number of hydrogen-bond donors (Lipinski definition) is 0. The van der Waals surface area contributed by atoms with Crippen molar-refractivity contribution < 1.29 is 0 Å². The van der Waals surface area contributed by atoms with E-state index in [-0.39, 0.29) is 0 Å². The van der Waals surface area contributed by atoms with Crippen molar-refractivity contribution in [1.29, 1.82) is 0 Å². The molecule has 0 saturated carbocycles. The van der Waals surface area contributed by atoms with Crippen LogP contribution in [0.4, 0.5) is 0 Å². The fraction of sp³-hybridized carbons (Fsp3) is 0.143. The first-order valence-corrected chi connectivity index (χ1v) is 5.96. The molecule has 0 saturated heterocycles. The third kappa shape index (κ3) is 2.20. The number of benzene rings is 1. The van der Waals surface area contributed by atoms with Gasteiger partial charge in [-0.2, -0.15) is 0 Å². The number of hydrogen-bond acceptors (Lipinski definition) is 0. The van der Waals surface area contributed by atoms with Crippen molar-refractivity contribution in [3.63, 3.8) is 0 Å². The van der Waals surface area contributed by atoms with Crippen LogP contribution in [-0.2, 0) is 0 Å². The van der Waals surface area contributed by atoms with Gasteiger partial charge in [0, 0.05) is 10.7 Å². The Bertz CT molecular complexity index is 232. The maximum atomic E-state index is 2.37. The van der Waals surface area contributed by atoms with E-state index >= 15 is 0 Å². The minimum Gasteiger partial charge on any atom is -0.0448 e. The molecule has 1 aromatic rings. The van der Waals surface area contributed by atoms with Crippen molar-refractivity contribution in [2.45, 2.75) is 6.92 Å². The Balaban J connectivity index is 3.31. The molecule has 0 aliphatic carbocycles. The quantitative estimate of drug-likeness (QED) is 0.400. The lowest BCUT2D eigenvalue weighted by Crippen LogP contribution is -1.86. The molecule has 0 unspecified atom stereocenters. The molecular weight excluding hydrogens is 465 g/mol. The Hall–Kier alpha value is 1.41. The van der Waals surface area contributed by atoms with E-state index in [0.29, 0.717) is 0 Å². The number of rotatable bonds is 0. The summed E-state index contributed by atoms with van der Waals surface area (Å²) < 4.78 is 4.04. The van der Waals surface area contributed by atoms with Crippen molar-refractivity contribution in [1.82, 2.24) is 0 Å². The molecule has 0 amide bonds. The fourth-order valence-electron chi connectivity index (χ4n) is 0.685. The second kappa shape index (κ2) is 3.88. The molecule has 10 heavy (non-hydrogen) atoms. The maximum Gasteiger partial charge on any atom is 0.0293 e. The first kappa shape index (κ1) is 9.50. The minimum atomic E-state index is 1.32. The summed E-state index contributed by atoms with van der Waals surface area (Å²) in [4.78, 5) is 0. The molecule has 0 nitrogen and oxygen atoms in total. The largest absolute Gasteiger partial charge is 0.0448 e. The van der Waals surface area contributed by atoms with Gasteiger partial charge in [-0.15, -0.1) is 0 Å². The van der Waals surface area contributed by atoms with Crippen molar-refractivity contribution in [2.75, 3.05) is 0 Å². The van der Waals surface area contributed by atoms with Gasteiger partial charge in [-0.3, -0.25) is 0 Å². The van der Waals surface area contributed by atoms with Gasteiger partial charge in [0.05, 0.1) is 0 Å². The summed E-state index contributed by atoms with van der Waals surface area (Å²) in [6, 6.07) is 4.39. The van der Waals surface area contributed by atoms with Crippen LogP contribution in [0, 0.1) is 17.6 Å². The lowest BCUT2D eigenvalue weighted by molar-refractivity contribution is 1.38. The molecule has 0 heterocycles. The topological polar surface area (TPSA) is 0 Å². The Morgan fingerprint density at radius 3 is 2.20 bits per heavy atom. The van der Waals surface area contributed by atoms with Crippen molar-refractivity contribution in [2.24, 2.45) is 0 Å². The molecule has 0 bridgehead atoms. The average molecular weight is 470 g/mol. The molecular formula is C7H5I3. The second-order valence-electron chi connectivity index (χ2n) is 2.02. The fourth-order valence-corrected chi connectivity index (χ4v) is 3.13. The van der Waals surface area contributed by atoms with Gasteiger partial charge in [-0.05, 0) is 92.4 Å². The summed E-state index contributed by atoms with van der Waals surface area (Å²) >= 11 is 7.08. The van der Waals surface area contributed by atoms with Crippen molar-refractivity contribution in [3.05, 3.63) is 28.4 Å². The first-order valence-electron chi connectivity index (χ1n) is 2.72. The lowest BCUT2D eigenvalue weighted by Gasteiger charge is -2.00. The van der Waals surface area contributed by atoms with E-state index in [1.54, 1.807) is 0 Å². The van der Waals surface area contributed by atoms with Gasteiger partial charge in [0.1, 0.15) is 0 Å². The van der Waals surface area contributed by atoms with E-state index in [9.17, 15) is 0 Å². The molecule has 0 spiro atoms. The predicted octanol–water partition coefficient (Wildman–Crippen LogP) is 3.81. The van der Waals surface area contributed by atoms with Crippen LogP contribution in [0.2, 0.25) is 0 Å². The zero-order valence-electron chi connectivity index (χ0n) is 5.29. The van der Waals surface area contributed by atoms with E-state index < -0.39 is 0 Å². The molecule has 3 heteroatoms. The van der Waals surface area contributed by atoms with E-state index in [1.165, 1.54) is 16.3 Å². The van der Waals surface area contributed by atoms with Crippen LogP contribution in [0.5, 0.6) is 0 Å². The monoisotopic (exact) mass is 470 g/mol. The predicted molar refractivity (Wildman–Crippen MR) is 69.3 cm³/mol. The van der Waals surface area contributed by atoms with Crippen LogP contribution in [-0.4, -0.2) is 0 Å². The molecule has 54 valence electrons. The SMILES string of the molecule is Cc1cc(I)cc(I)c1I. The summed E-state index contributed by atoms with van der Waals surface area (Å²) in [5.74, 6) is 0. The van der Waals surface area contributed by atoms with Crippen LogP contribution in [0.25, 0.3) is 0 Å². The Kier molecular flexibility index (Phi) is 3.69. The summed E-state index contributed by atoms with van der Waals surface area (Å²) in [5, 5.41) is 0. The highest BCUT2D eigenvalue weighted by Crippen LogP contribution is 2.21. The molecule has 0 N–H and O–H groups in total. The first-order chi connectivity index (χ1) is 4.61. The third-order valence-corrected chi connectivity index (χ3v) is 5.11. The van der Waals surface area contributed by atoms with E-state index in [0.717, 1.165) is 0 Å². The standard InChI is InChI=1S/C7H5I3/c1-4-2-5(8)3-6(9)7(4)10/h2-3H,1H3.